The predicted octanol–water partition coefficient (Wildman–Crippen LogP) is 0.790. The molecule has 5 N–H and O–H groups in total. The summed E-state index contributed by atoms with van der Waals surface area (Å²) in [6.45, 7) is 2.88. The van der Waals surface area contributed by atoms with Crippen molar-refractivity contribution >= 4 is 11.9 Å². The van der Waals surface area contributed by atoms with Crippen LogP contribution < -0.4 is 16.4 Å². The number of carbonyl (C=O) groups is 1. The van der Waals surface area contributed by atoms with Crippen molar-refractivity contribution in [2.24, 2.45) is 5.73 Å². The van der Waals surface area contributed by atoms with Gasteiger partial charge >= 0.3 is 6.03 Å². The molecule has 0 atom stereocenters. The monoisotopic (exact) mass is 220 g/mol. The van der Waals surface area contributed by atoms with Gasteiger partial charge in [-0.2, -0.15) is 0 Å². The lowest BCUT2D eigenvalue weighted by Gasteiger charge is -2.07. The normalized spacial score (nSPS) is 9.56. The minimum absolute atomic E-state index is 0.0276. The van der Waals surface area contributed by atoms with Gasteiger partial charge in [-0.1, -0.05) is 18.2 Å². The third-order valence-corrected chi connectivity index (χ3v) is 2.03. The first-order chi connectivity index (χ1) is 7.63. The molecule has 0 fully saturated rings. The fourth-order valence-electron chi connectivity index (χ4n) is 1.25. The summed E-state index contributed by atoms with van der Waals surface area (Å²) in [5, 5.41) is 12.6. The Morgan fingerprint density at radius 1 is 1.44 bits per heavy atom. The summed E-state index contributed by atoms with van der Waals surface area (Å²) in [7, 11) is 0. The minimum atomic E-state index is -0.198. The van der Waals surface area contributed by atoms with Crippen LogP contribution in [-0.4, -0.2) is 18.4 Å². The van der Waals surface area contributed by atoms with E-state index in [1.54, 1.807) is 12.1 Å². The number of amidine groups is 1. The molecular weight excluding hydrogens is 204 g/mol. The number of hydrogen-bond acceptors (Lipinski definition) is 2. The average Bonchev–Trinajstić information content (AvgIpc) is 2.27. The molecule has 0 bridgehead atoms. The Labute approximate surface area is 94.5 Å². The summed E-state index contributed by atoms with van der Waals surface area (Å²) in [5.74, 6) is 0.0276. The van der Waals surface area contributed by atoms with Crippen LogP contribution in [0.25, 0.3) is 0 Å². The van der Waals surface area contributed by atoms with E-state index < -0.39 is 0 Å². The average molecular weight is 220 g/mol. The molecule has 0 spiro atoms. The molecular formula is C11H16N4O. The van der Waals surface area contributed by atoms with Gasteiger partial charge in [0.05, 0.1) is 0 Å². The molecule has 1 aromatic rings. The van der Waals surface area contributed by atoms with Crippen LogP contribution in [0, 0.1) is 5.41 Å². The third kappa shape index (κ3) is 3.61. The highest BCUT2D eigenvalue weighted by atomic mass is 16.2. The second-order valence-corrected chi connectivity index (χ2v) is 3.33. The van der Waals surface area contributed by atoms with Gasteiger partial charge in [0.1, 0.15) is 5.84 Å². The van der Waals surface area contributed by atoms with E-state index in [1.165, 1.54) is 0 Å². The van der Waals surface area contributed by atoms with Crippen molar-refractivity contribution in [1.82, 2.24) is 10.6 Å². The molecule has 0 aromatic heterocycles. The highest BCUT2D eigenvalue weighted by molar-refractivity contribution is 5.95. The zero-order chi connectivity index (χ0) is 12.0. The number of nitrogens with one attached hydrogen (secondary N) is 3. The maximum Gasteiger partial charge on any atom is 0.315 e. The lowest BCUT2D eigenvalue weighted by atomic mass is 10.1. The van der Waals surface area contributed by atoms with Gasteiger partial charge < -0.3 is 16.4 Å². The van der Waals surface area contributed by atoms with E-state index in [4.69, 9.17) is 11.1 Å². The molecule has 0 radical (unpaired) electrons. The predicted molar refractivity (Wildman–Crippen MR) is 63.4 cm³/mol. The van der Waals surface area contributed by atoms with Crippen LogP contribution in [0.15, 0.2) is 24.3 Å². The van der Waals surface area contributed by atoms with Gasteiger partial charge in [0.2, 0.25) is 0 Å². The lowest BCUT2D eigenvalue weighted by molar-refractivity contribution is 0.241. The van der Waals surface area contributed by atoms with Crippen molar-refractivity contribution in [1.29, 1.82) is 5.41 Å². The van der Waals surface area contributed by atoms with Gasteiger partial charge in [0.15, 0.2) is 0 Å². The van der Waals surface area contributed by atoms with Gasteiger partial charge in [-0.3, -0.25) is 5.41 Å². The maximum absolute atomic E-state index is 11.1. The Bertz CT molecular complexity index is 389. The van der Waals surface area contributed by atoms with Crippen molar-refractivity contribution < 1.29 is 4.79 Å². The molecule has 0 aliphatic rings. The zero-order valence-corrected chi connectivity index (χ0v) is 9.21. The number of rotatable bonds is 4. The standard InChI is InChI=1S/C11H16N4O/c1-2-14-11(16)15-7-8-4-3-5-9(6-8)10(12)13/h3-6H,2,7H2,1H3,(H3,12,13)(H2,14,15,16). The Morgan fingerprint density at radius 3 is 2.81 bits per heavy atom. The molecule has 5 heteroatoms. The van der Waals surface area contributed by atoms with Crippen molar-refractivity contribution in [3.63, 3.8) is 0 Å². The van der Waals surface area contributed by atoms with Crippen molar-refractivity contribution in [2.75, 3.05) is 6.54 Å². The number of carbonyl (C=O) groups excluding carboxylic acids is 1. The fraction of sp³-hybridized carbons (Fsp3) is 0.273. The zero-order valence-electron chi connectivity index (χ0n) is 9.21. The molecule has 0 aliphatic heterocycles. The molecule has 86 valence electrons. The van der Waals surface area contributed by atoms with E-state index in [9.17, 15) is 4.79 Å². The quantitative estimate of drug-likeness (QED) is 0.446. The highest BCUT2D eigenvalue weighted by Gasteiger charge is 2.00. The van der Waals surface area contributed by atoms with Crippen LogP contribution in [0.5, 0.6) is 0 Å². The molecule has 1 aromatic carbocycles. The second kappa shape index (κ2) is 5.75. The Kier molecular flexibility index (Phi) is 4.32. The number of nitrogens with two attached hydrogens (primary N) is 1. The highest BCUT2D eigenvalue weighted by Crippen LogP contribution is 2.04. The van der Waals surface area contributed by atoms with Gasteiger partial charge in [-0.05, 0) is 18.6 Å². The van der Waals surface area contributed by atoms with Crippen LogP contribution in [0.3, 0.4) is 0 Å². The lowest BCUT2D eigenvalue weighted by Crippen LogP contribution is -2.34. The Balaban J connectivity index is 2.57. The van der Waals surface area contributed by atoms with Crippen LogP contribution in [0.1, 0.15) is 18.1 Å². The molecule has 0 heterocycles. The Hall–Kier alpha value is -2.04. The maximum atomic E-state index is 11.1. The van der Waals surface area contributed by atoms with E-state index in [0.29, 0.717) is 18.7 Å². The Morgan fingerprint density at radius 2 is 2.19 bits per heavy atom. The topological polar surface area (TPSA) is 91.0 Å². The molecule has 0 saturated carbocycles. The van der Waals surface area contributed by atoms with E-state index in [0.717, 1.165) is 5.56 Å². The van der Waals surface area contributed by atoms with E-state index in [2.05, 4.69) is 10.6 Å². The van der Waals surface area contributed by atoms with Gasteiger partial charge in [-0.15, -0.1) is 0 Å². The molecule has 0 unspecified atom stereocenters. The van der Waals surface area contributed by atoms with E-state index >= 15 is 0 Å². The first-order valence-corrected chi connectivity index (χ1v) is 5.08. The molecule has 0 saturated heterocycles. The summed E-state index contributed by atoms with van der Waals surface area (Å²) >= 11 is 0. The van der Waals surface area contributed by atoms with Gasteiger partial charge in [-0.25, -0.2) is 4.79 Å². The van der Waals surface area contributed by atoms with Crippen molar-refractivity contribution in [3.8, 4) is 0 Å². The van der Waals surface area contributed by atoms with Crippen LogP contribution >= 0.6 is 0 Å². The fourth-order valence-corrected chi connectivity index (χ4v) is 1.25. The van der Waals surface area contributed by atoms with Gasteiger partial charge in [0, 0.05) is 18.7 Å². The summed E-state index contributed by atoms with van der Waals surface area (Å²) < 4.78 is 0. The smallest absolute Gasteiger partial charge is 0.315 e. The van der Waals surface area contributed by atoms with Gasteiger partial charge in [0.25, 0.3) is 0 Å². The summed E-state index contributed by atoms with van der Waals surface area (Å²) in [6, 6.07) is 7.03. The number of benzene rings is 1. The van der Waals surface area contributed by atoms with Crippen molar-refractivity contribution in [2.45, 2.75) is 13.5 Å². The molecule has 2 amide bonds. The van der Waals surface area contributed by atoms with Crippen molar-refractivity contribution in [3.05, 3.63) is 35.4 Å². The third-order valence-electron chi connectivity index (χ3n) is 2.03. The number of hydrogen-bond donors (Lipinski definition) is 4. The molecule has 0 aliphatic carbocycles. The largest absolute Gasteiger partial charge is 0.384 e. The first kappa shape index (κ1) is 12.0. The summed E-state index contributed by atoms with van der Waals surface area (Å²) in [4.78, 5) is 11.1. The van der Waals surface area contributed by atoms with E-state index in [1.807, 2.05) is 19.1 Å². The van der Waals surface area contributed by atoms with E-state index in [-0.39, 0.29) is 11.9 Å². The summed E-state index contributed by atoms with van der Waals surface area (Å²) in [5.41, 5.74) is 6.95. The summed E-state index contributed by atoms with van der Waals surface area (Å²) in [6.07, 6.45) is 0. The molecule has 16 heavy (non-hydrogen) atoms. The first-order valence-electron chi connectivity index (χ1n) is 5.08. The van der Waals surface area contributed by atoms with Crippen LogP contribution in [0.2, 0.25) is 0 Å². The number of nitrogen functional groups attached to an aromatic ring is 1. The number of urea groups is 1. The molecule has 1 rings (SSSR count). The second-order valence-electron chi connectivity index (χ2n) is 3.33. The minimum Gasteiger partial charge on any atom is -0.384 e. The molecule has 5 nitrogen and oxygen atoms in total. The number of amides is 2. The van der Waals surface area contributed by atoms with Crippen LogP contribution in [-0.2, 0) is 6.54 Å². The SMILES string of the molecule is CCNC(=O)NCc1cccc(C(=N)N)c1. The van der Waals surface area contributed by atoms with Crippen LogP contribution in [0.4, 0.5) is 4.79 Å².